The molecule has 2 aromatic carbocycles. The molecule has 1 aliphatic rings. The molecule has 0 saturated heterocycles. The van der Waals surface area contributed by atoms with Gasteiger partial charge in [-0.2, -0.15) is 0 Å². The van der Waals surface area contributed by atoms with Crippen LogP contribution in [0.2, 0.25) is 0 Å². The van der Waals surface area contributed by atoms with E-state index in [0.717, 1.165) is 16.8 Å². The molecule has 3 nitrogen and oxygen atoms in total. The topological polar surface area (TPSA) is 38.3 Å². The Morgan fingerprint density at radius 3 is 2.57 bits per heavy atom. The molecular weight excluding hydrogens is 269 g/mol. The SMILES string of the molecule is CC1(C)C(=O)Nc2ccc(OCc3ccc(F)cc3)cc21. The highest BCUT2D eigenvalue weighted by Crippen LogP contribution is 2.39. The Kier molecular flexibility index (Phi) is 3.16. The molecule has 1 aliphatic heterocycles. The molecule has 3 rings (SSSR count). The second-order valence-corrected chi connectivity index (χ2v) is 5.70. The van der Waals surface area contributed by atoms with E-state index in [-0.39, 0.29) is 11.7 Å². The largest absolute Gasteiger partial charge is 0.489 e. The molecule has 0 saturated carbocycles. The van der Waals surface area contributed by atoms with E-state index in [4.69, 9.17) is 4.74 Å². The fraction of sp³-hybridized carbons (Fsp3) is 0.235. The fourth-order valence-electron chi connectivity index (χ4n) is 2.39. The Labute approximate surface area is 122 Å². The maximum atomic E-state index is 12.8. The first kappa shape index (κ1) is 13.6. The van der Waals surface area contributed by atoms with Crippen molar-refractivity contribution in [1.82, 2.24) is 0 Å². The summed E-state index contributed by atoms with van der Waals surface area (Å²) in [7, 11) is 0. The third-order valence-corrected chi connectivity index (χ3v) is 3.80. The van der Waals surface area contributed by atoms with E-state index in [9.17, 15) is 9.18 Å². The van der Waals surface area contributed by atoms with E-state index in [1.807, 2.05) is 32.0 Å². The van der Waals surface area contributed by atoms with Gasteiger partial charge in [0.1, 0.15) is 18.2 Å². The van der Waals surface area contributed by atoms with Gasteiger partial charge in [0.25, 0.3) is 0 Å². The van der Waals surface area contributed by atoms with Crippen molar-refractivity contribution in [2.24, 2.45) is 0 Å². The van der Waals surface area contributed by atoms with Gasteiger partial charge in [-0.25, -0.2) is 4.39 Å². The molecule has 4 heteroatoms. The number of nitrogens with one attached hydrogen (secondary N) is 1. The van der Waals surface area contributed by atoms with Crippen LogP contribution in [0.5, 0.6) is 5.75 Å². The van der Waals surface area contributed by atoms with E-state index in [0.29, 0.717) is 12.4 Å². The molecule has 1 N–H and O–H groups in total. The van der Waals surface area contributed by atoms with Crippen molar-refractivity contribution in [2.75, 3.05) is 5.32 Å². The van der Waals surface area contributed by atoms with Crippen molar-refractivity contribution >= 4 is 11.6 Å². The van der Waals surface area contributed by atoms with Gasteiger partial charge >= 0.3 is 0 Å². The number of halogens is 1. The van der Waals surface area contributed by atoms with E-state index in [1.54, 1.807) is 12.1 Å². The van der Waals surface area contributed by atoms with E-state index in [1.165, 1.54) is 12.1 Å². The first-order valence-corrected chi connectivity index (χ1v) is 6.80. The highest BCUT2D eigenvalue weighted by Gasteiger charge is 2.38. The second kappa shape index (κ2) is 4.88. The van der Waals surface area contributed by atoms with Crippen LogP contribution in [0.15, 0.2) is 42.5 Å². The van der Waals surface area contributed by atoms with Gasteiger partial charge < -0.3 is 10.1 Å². The second-order valence-electron chi connectivity index (χ2n) is 5.70. The Morgan fingerprint density at radius 1 is 1.14 bits per heavy atom. The lowest BCUT2D eigenvalue weighted by Gasteiger charge is -2.16. The zero-order valence-electron chi connectivity index (χ0n) is 11.9. The van der Waals surface area contributed by atoms with Crippen LogP contribution in [0.1, 0.15) is 25.0 Å². The Bertz CT molecular complexity index is 692. The minimum atomic E-state index is -0.551. The molecular formula is C17H16FNO2. The molecule has 0 unspecified atom stereocenters. The van der Waals surface area contributed by atoms with Gasteiger partial charge in [0.05, 0.1) is 5.41 Å². The molecule has 2 aromatic rings. The number of amides is 1. The summed E-state index contributed by atoms with van der Waals surface area (Å²) >= 11 is 0. The molecule has 108 valence electrons. The number of hydrogen-bond donors (Lipinski definition) is 1. The maximum absolute atomic E-state index is 12.8. The zero-order chi connectivity index (χ0) is 15.0. The Balaban J connectivity index is 1.78. The highest BCUT2D eigenvalue weighted by atomic mass is 19.1. The van der Waals surface area contributed by atoms with E-state index < -0.39 is 5.41 Å². The highest BCUT2D eigenvalue weighted by molar-refractivity contribution is 6.05. The van der Waals surface area contributed by atoms with Crippen LogP contribution in [0.3, 0.4) is 0 Å². The molecule has 0 bridgehead atoms. The van der Waals surface area contributed by atoms with Gasteiger partial charge in [0.15, 0.2) is 0 Å². The fourth-order valence-corrected chi connectivity index (χ4v) is 2.39. The number of fused-ring (bicyclic) bond motifs is 1. The average molecular weight is 285 g/mol. The van der Waals surface area contributed by atoms with Gasteiger partial charge in [-0.1, -0.05) is 12.1 Å². The normalized spacial score (nSPS) is 15.5. The number of anilines is 1. The molecule has 0 radical (unpaired) electrons. The summed E-state index contributed by atoms with van der Waals surface area (Å²) in [6.45, 7) is 4.14. The van der Waals surface area contributed by atoms with Crippen molar-refractivity contribution in [1.29, 1.82) is 0 Å². The summed E-state index contributed by atoms with van der Waals surface area (Å²) in [6.07, 6.45) is 0. The van der Waals surface area contributed by atoms with Gasteiger partial charge in [0, 0.05) is 5.69 Å². The third kappa shape index (κ3) is 2.49. The number of benzene rings is 2. The molecule has 0 spiro atoms. The smallest absolute Gasteiger partial charge is 0.234 e. The summed E-state index contributed by atoms with van der Waals surface area (Å²) in [5.41, 5.74) is 2.11. The van der Waals surface area contributed by atoms with Gasteiger partial charge in [-0.15, -0.1) is 0 Å². The number of ether oxygens (including phenoxy) is 1. The number of rotatable bonds is 3. The van der Waals surface area contributed by atoms with Crippen LogP contribution in [-0.4, -0.2) is 5.91 Å². The van der Waals surface area contributed by atoms with Crippen molar-refractivity contribution < 1.29 is 13.9 Å². The molecule has 1 amide bonds. The maximum Gasteiger partial charge on any atom is 0.234 e. The van der Waals surface area contributed by atoms with Crippen LogP contribution in [-0.2, 0) is 16.8 Å². The van der Waals surface area contributed by atoms with Gasteiger partial charge in [-0.05, 0) is 55.3 Å². The molecule has 0 aromatic heterocycles. The number of carbonyl (C=O) groups is 1. The Morgan fingerprint density at radius 2 is 1.86 bits per heavy atom. The van der Waals surface area contributed by atoms with Gasteiger partial charge in [0.2, 0.25) is 5.91 Å². The third-order valence-electron chi connectivity index (χ3n) is 3.80. The summed E-state index contributed by atoms with van der Waals surface area (Å²) in [6, 6.07) is 11.8. The minimum absolute atomic E-state index is 0.00631. The lowest BCUT2D eigenvalue weighted by Crippen LogP contribution is -2.26. The summed E-state index contributed by atoms with van der Waals surface area (Å²) in [4.78, 5) is 11.9. The predicted octanol–water partition coefficient (Wildman–Crippen LogP) is 3.63. The van der Waals surface area contributed by atoms with E-state index >= 15 is 0 Å². The first-order chi connectivity index (χ1) is 9.96. The minimum Gasteiger partial charge on any atom is -0.489 e. The zero-order valence-corrected chi connectivity index (χ0v) is 11.9. The predicted molar refractivity (Wildman–Crippen MR) is 78.8 cm³/mol. The lowest BCUT2D eigenvalue weighted by atomic mass is 9.86. The Hall–Kier alpha value is -2.36. The van der Waals surface area contributed by atoms with Crippen LogP contribution < -0.4 is 10.1 Å². The van der Waals surface area contributed by atoms with Crippen molar-refractivity contribution in [3.8, 4) is 5.75 Å². The van der Waals surface area contributed by atoms with Crippen molar-refractivity contribution in [2.45, 2.75) is 25.9 Å². The molecule has 1 heterocycles. The molecule has 0 aliphatic carbocycles. The number of hydrogen-bond acceptors (Lipinski definition) is 2. The van der Waals surface area contributed by atoms with Crippen LogP contribution in [0, 0.1) is 5.82 Å². The van der Waals surface area contributed by atoms with Gasteiger partial charge in [-0.3, -0.25) is 4.79 Å². The molecule has 0 fully saturated rings. The monoisotopic (exact) mass is 285 g/mol. The summed E-state index contributed by atoms with van der Waals surface area (Å²) in [5, 5.41) is 2.86. The van der Waals surface area contributed by atoms with Crippen molar-refractivity contribution in [3.05, 3.63) is 59.4 Å². The summed E-state index contributed by atoms with van der Waals surface area (Å²) in [5.74, 6) is 0.429. The standard InChI is InChI=1S/C17H16FNO2/c1-17(2)14-9-13(7-8-15(14)19-16(17)20)21-10-11-3-5-12(18)6-4-11/h3-9H,10H2,1-2H3,(H,19,20). The van der Waals surface area contributed by atoms with Crippen LogP contribution >= 0.6 is 0 Å². The van der Waals surface area contributed by atoms with Crippen molar-refractivity contribution in [3.63, 3.8) is 0 Å². The molecule has 21 heavy (non-hydrogen) atoms. The quantitative estimate of drug-likeness (QED) is 0.935. The lowest BCUT2D eigenvalue weighted by molar-refractivity contribution is -0.119. The van der Waals surface area contributed by atoms with Crippen LogP contribution in [0.25, 0.3) is 0 Å². The number of carbonyl (C=O) groups excluding carboxylic acids is 1. The molecule has 0 atom stereocenters. The first-order valence-electron chi connectivity index (χ1n) is 6.80. The van der Waals surface area contributed by atoms with Crippen LogP contribution in [0.4, 0.5) is 10.1 Å². The van der Waals surface area contributed by atoms with E-state index in [2.05, 4.69) is 5.32 Å². The average Bonchev–Trinajstić information content (AvgIpc) is 2.69. The summed E-state index contributed by atoms with van der Waals surface area (Å²) < 4.78 is 18.6.